The maximum atomic E-state index is 12.5. The summed E-state index contributed by atoms with van der Waals surface area (Å²) in [5.41, 5.74) is 2.02. The van der Waals surface area contributed by atoms with Crippen molar-refractivity contribution < 1.29 is 9.59 Å². The third kappa shape index (κ3) is 3.90. The van der Waals surface area contributed by atoms with Gasteiger partial charge in [0, 0.05) is 70.1 Å². The van der Waals surface area contributed by atoms with Crippen LogP contribution in [0.25, 0.3) is 0 Å². The molecule has 0 bridgehead atoms. The van der Waals surface area contributed by atoms with E-state index in [0.29, 0.717) is 26.1 Å². The molecule has 148 valence electrons. The van der Waals surface area contributed by atoms with E-state index >= 15 is 0 Å². The second-order valence-electron chi connectivity index (χ2n) is 7.51. The zero-order valence-electron chi connectivity index (χ0n) is 16.3. The first-order valence-corrected chi connectivity index (χ1v) is 9.99. The van der Waals surface area contributed by atoms with E-state index < -0.39 is 0 Å². The highest BCUT2D eigenvalue weighted by Crippen LogP contribution is 2.30. The van der Waals surface area contributed by atoms with Gasteiger partial charge in [-0.15, -0.1) is 0 Å². The summed E-state index contributed by atoms with van der Waals surface area (Å²) in [6.45, 7) is 4.20. The van der Waals surface area contributed by atoms with Gasteiger partial charge in [0.25, 0.3) is 0 Å². The van der Waals surface area contributed by atoms with Crippen LogP contribution in [0.2, 0.25) is 0 Å². The normalized spacial score (nSPS) is 19.4. The molecular formula is C20H26N6O2. The van der Waals surface area contributed by atoms with Gasteiger partial charge in [-0.25, -0.2) is 9.97 Å². The molecule has 2 amide bonds. The Morgan fingerprint density at radius 1 is 1.25 bits per heavy atom. The van der Waals surface area contributed by atoms with Crippen molar-refractivity contribution in [3.63, 3.8) is 0 Å². The summed E-state index contributed by atoms with van der Waals surface area (Å²) in [6, 6.07) is 1.83. The monoisotopic (exact) mass is 382 g/mol. The molecule has 0 saturated carbocycles. The topological polar surface area (TPSA) is 84.2 Å². The molecule has 4 heterocycles. The lowest BCUT2D eigenvalue weighted by Gasteiger charge is -2.35. The number of aryl methyl sites for hydroxylation is 1. The van der Waals surface area contributed by atoms with Crippen LogP contribution in [-0.2, 0) is 29.1 Å². The Kier molecular flexibility index (Phi) is 5.36. The van der Waals surface area contributed by atoms with Crippen LogP contribution in [-0.4, -0.2) is 54.5 Å². The van der Waals surface area contributed by atoms with E-state index in [0.717, 1.165) is 49.3 Å². The first kappa shape index (κ1) is 18.6. The molecule has 0 spiro atoms. The van der Waals surface area contributed by atoms with Crippen molar-refractivity contribution in [1.29, 1.82) is 0 Å². The predicted molar refractivity (Wildman–Crippen MR) is 102 cm³/mol. The summed E-state index contributed by atoms with van der Waals surface area (Å²) in [6.07, 6.45) is 9.63. The van der Waals surface area contributed by atoms with Crippen molar-refractivity contribution in [2.24, 2.45) is 0 Å². The molecule has 0 radical (unpaired) electrons. The molecule has 1 atom stereocenters. The lowest BCUT2D eigenvalue weighted by molar-refractivity contribution is -0.133. The standard InChI is InChI=1S/C20H26N6O2/c1-15(27)26-10-3-2-5-18(26)20-21-13-16-14-24(11-6-17(16)23-20)19(28)7-12-25-9-4-8-22-25/h4,8-9,13,18H,2-3,5-7,10-12,14H2,1H3/t18-/m0/s1. The number of hydrogen-bond acceptors (Lipinski definition) is 5. The van der Waals surface area contributed by atoms with Crippen molar-refractivity contribution in [2.75, 3.05) is 13.1 Å². The van der Waals surface area contributed by atoms with Crippen LogP contribution in [0.15, 0.2) is 24.7 Å². The van der Waals surface area contributed by atoms with Crippen LogP contribution in [0.5, 0.6) is 0 Å². The molecule has 0 aromatic carbocycles. The SMILES string of the molecule is CC(=O)N1CCCC[C@H]1c1ncc2c(n1)CCN(C(=O)CCn1cccn1)C2. The summed E-state index contributed by atoms with van der Waals surface area (Å²) in [4.78, 5) is 37.6. The molecule has 4 rings (SSSR count). The average Bonchev–Trinajstić information content (AvgIpc) is 3.25. The predicted octanol–water partition coefficient (Wildman–Crippen LogP) is 1.72. The molecule has 1 fully saturated rings. The molecule has 8 nitrogen and oxygen atoms in total. The Morgan fingerprint density at radius 3 is 2.93 bits per heavy atom. The number of likely N-dealkylation sites (tertiary alicyclic amines) is 1. The van der Waals surface area contributed by atoms with Crippen LogP contribution in [0, 0.1) is 0 Å². The van der Waals surface area contributed by atoms with Gasteiger partial charge in [0.15, 0.2) is 5.82 Å². The smallest absolute Gasteiger partial charge is 0.224 e. The zero-order chi connectivity index (χ0) is 19.5. The summed E-state index contributed by atoms with van der Waals surface area (Å²) >= 11 is 0. The van der Waals surface area contributed by atoms with Crippen LogP contribution in [0.3, 0.4) is 0 Å². The molecule has 2 aliphatic heterocycles. The Labute approximate surface area is 164 Å². The average molecular weight is 382 g/mol. The number of fused-ring (bicyclic) bond motifs is 1. The van der Waals surface area contributed by atoms with Gasteiger partial charge in [-0.1, -0.05) is 0 Å². The first-order chi connectivity index (χ1) is 13.6. The number of amides is 2. The van der Waals surface area contributed by atoms with E-state index in [1.54, 1.807) is 17.8 Å². The third-order valence-electron chi connectivity index (χ3n) is 5.62. The quantitative estimate of drug-likeness (QED) is 0.804. The molecule has 0 N–H and O–H groups in total. The number of nitrogens with zero attached hydrogens (tertiary/aromatic N) is 6. The number of piperidine rings is 1. The van der Waals surface area contributed by atoms with Gasteiger partial charge in [0.05, 0.1) is 11.7 Å². The highest BCUT2D eigenvalue weighted by molar-refractivity contribution is 5.76. The van der Waals surface area contributed by atoms with Crippen LogP contribution < -0.4 is 0 Å². The van der Waals surface area contributed by atoms with E-state index in [2.05, 4.69) is 10.1 Å². The maximum absolute atomic E-state index is 12.5. The Hall–Kier alpha value is -2.77. The Bertz CT molecular complexity index is 850. The second-order valence-corrected chi connectivity index (χ2v) is 7.51. The summed E-state index contributed by atoms with van der Waals surface area (Å²) in [5, 5.41) is 4.14. The highest BCUT2D eigenvalue weighted by atomic mass is 16.2. The molecule has 8 heteroatoms. The summed E-state index contributed by atoms with van der Waals surface area (Å²) in [7, 11) is 0. The molecule has 2 aromatic heterocycles. The van der Waals surface area contributed by atoms with E-state index in [4.69, 9.17) is 4.98 Å². The fraction of sp³-hybridized carbons (Fsp3) is 0.550. The minimum absolute atomic E-state index is 0.0229. The van der Waals surface area contributed by atoms with Crippen molar-refractivity contribution in [3.8, 4) is 0 Å². The van der Waals surface area contributed by atoms with Crippen molar-refractivity contribution in [3.05, 3.63) is 41.7 Å². The molecular weight excluding hydrogens is 356 g/mol. The van der Waals surface area contributed by atoms with E-state index in [1.165, 1.54) is 0 Å². The number of aromatic nitrogens is 4. The first-order valence-electron chi connectivity index (χ1n) is 9.99. The molecule has 1 saturated heterocycles. The molecule has 28 heavy (non-hydrogen) atoms. The van der Waals surface area contributed by atoms with Crippen LogP contribution >= 0.6 is 0 Å². The summed E-state index contributed by atoms with van der Waals surface area (Å²) < 4.78 is 1.77. The number of carbonyl (C=O) groups excluding carboxylic acids is 2. The second kappa shape index (κ2) is 8.08. The van der Waals surface area contributed by atoms with Gasteiger partial charge in [0.1, 0.15) is 0 Å². The lowest BCUT2D eigenvalue weighted by Crippen LogP contribution is -2.39. The fourth-order valence-electron chi connectivity index (χ4n) is 4.08. The van der Waals surface area contributed by atoms with E-state index in [1.807, 2.05) is 28.3 Å². The number of carbonyl (C=O) groups is 2. The van der Waals surface area contributed by atoms with Crippen LogP contribution in [0.1, 0.15) is 55.7 Å². The minimum atomic E-state index is -0.0229. The van der Waals surface area contributed by atoms with Gasteiger partial charge >= 0.3 is 0 Å². The number of rotatable bonds is 4. The van der Waals surface area contributed by atoms with Crippen molar-refractivity contribution >= 4 is 11.8 Å². The van der Waals surface area contributed by atoms with Crippen molar-refractivity contribution in [1.82, 2.24) is 29.5 Å². The largest absolute Gasteiger partial charge is 0.338 e. The third-order valence-corrected chi connectivity index (χ3v) is 5.62. The van der Waals surface area contributed by atoms with E-state index in [-0.39, 0.29) is 17.9 Å². The number of hydrogen-bond donors (Lipinski definition) is 0. The van der Waals surface area contributed by atoms with Gasteiger partial charge in [-0.3, -0.25) is 14.3 Å². The Balaban J connectivity index is 1.42. The zero-order valence-corrected chi connectivity index (χ0v) is 16.3. The van der Waals surface area contributed by atoms with Gasteiger partial charge in [-0.2, -0.15) is 5.10 Å². The maximum Gasteiger partial charge on any atom is 0.224 e. The summed E-state index contributed by atoms with van der Waals surface area (Å²) in [5.74, 6) is 0.951. The molecule has 0 unspecified atom stereocenters. The van der Waals surface area contributed by atoms with Crippen molar-refractivity contribution in [2.45, 2.75) is 58.2 Å². The molecule has 2 aliphatic rings. The van der Waals surface area contributed by atoms with E-state index in [9.17, 15) is 9.59 Å². The molecule has 0 aliphatic carbocycles. The van der Waals surface area contributed by atoms with Gasteiger partial charge < -0.3 is 9.80 Å². The fourth-order valence-corrected chi connectivity index (χ4v) is 4.08. The Morgan fingerprint density at radius 2 is 2.14 bits per heavy atom. The highest BCUT2D eigenvalue weighted by Gasteiger charge is 2.29. The van der Waals surface area contributed by atoms with Gasteiger partial charge in [0.2, 0.25) is 11.8 Å². The van der Waals surface area contributed by atoms with Gasteiger partial charge in [-0.05, 0) is 25.3 Å². The minimum Gasteiger partial charge on any atom is -0.338 e. The van der Waals surface area contributed by atoms with Crippen LogP contribution in [0.4, 0.5) is 0 Å². The molecule has 2 aromatic rings. The lowest BCUT2D eigenvalue weighted by atomic mass is 10.0.